The molecule has 1 radical (unpaired) electrons. The third-order valence-electron chi connectivity index (χ3n) is 2.81. The Morgan fingerprint density at radius 3 is 2.59 bits per heavy atom. The molecule has 87 valence electrons. The molecule has 1 heteroatoms. The Kier molecular flexibility index (Phi) is 3.81. The zero-order chi connectivity index (χ0) is 12.1. The van der Waals surface area contributed by atoms with Gasteiger partial charge in [-0.2, -0.15) is 0 Å². The Bertz CT molecular complexity index is 471. The molecule has 0 spiro atoms. The van der Waals surface area contributed by atoms with Gasteiger partial charge in [-0.1, -0.05) is 43.7 Å². The SMILES string of the molecule is CCCc1[c]cc(-c2ccccc2OC)cc1. The van der Waals surface area contributed by atoms with Crippen molar-refractivity contribution >= 4 is 0 Å². The number of para-hydroxylation sites is 1. The van der Waals surface area contributed by atoms with Gasteiger partial charge in [-0.3, -0.25) is 0 Å². The number of hydrogen-bond acceptors (Lipinski definition) is 1. The number of rotatable bonds is 4. The smallest absolute Gasteiger partial charge is 0.126 e. The second kappa shape index (κ2) is 5.53. The molecule has 0 N–H and O–H groups in total. The van der Waals surface area contributed by atoms with Crippen molar-refractivity contribution in [3.8, 4) is 16.9 Å². The third-order valence-corrected chi connectivity index (χ3v) is 2.81. The van der Waals surface area contributed by atoms with Crippen LogP contribution in [0.3, 0.4) is 0 Å². The minimum absolute atomic E-state index is 0.907. The molecule has 0 saturated heterocycles. The van der Waals surface area contributed by atoms with Gasteiger partial charge in [0.25, 0.3) is 0 Å². The summed E-state index contributed by atoms with van der Waals surface area (Å²) in [5.41, 5.74) is 3.54. The number of hydrogen-bond donors (Lipinski definition) is 0. The van der Waals surface area contributed by atoms with Gasteiger partial charge >= 0.3 is 0 Å². The number of ether oxygens (including phenoxy) is 1. The number of aryl methyl sites for hydroxylation is 1. The lowest BCUT2D eigenvalue weighted by Crippen LogP contribution is -1.88. The summed E-state index contributed by atoms with van der Waals surface area (Å²) in [6.45, 7) is 2.18. The van der Waals surface area contributed by atoms with E-state index in [1.807, 2.05) is 24.3 Å². The van der Waals surface area contributed by atoms with Gasteiger partial charge in [-0.05, 0) is 35.7 Å². The monoisotopic (exact) mass is 225 g/mol. The molecule has 0 bridgehead atoms. The molecule has 17 heavy (non-hydrogen) atoms. The van der Waals surface area contributed by atoms with Crippen molar-refractivity contribution in [2.75, 3.05) is 7.11 Å². The Labute approximate surface area is 103 Å². The van der Waals surface area contributed by atoms with Gasteiger partial charge in [0, 0.05) is 5.56 Å². The van der Waals surface area contributed by atoms with E-state index in [1.54, 1.807) is 7.11 Å². The molecular weight excluding hydrogens is 208 g/mol. The van der Waals surface area contributed by atoms with E-state index in [4.69, 9.17) is 4.74 Å². The fourth-order valence-corrected chi connectivity index (χ4v) is 1.93. The summed E-state index contributed by atoms with van der Waals surface area (Å²) in [6.07, 6.45) is 2.25. The van der Waals surface area contributed by atoms with Gasteiger partial charge < -0.3 is 4.74 Å². The average Bonchev–Trinajstić information content (AvgIpc) is 2.40. The van der Waals surface area contributed by atoms with Crippen LogP contribution >= 0.6 is 0 Å². The summed E-state index contributed by atoms with van der Waals surface area (Å²) in [6, 6.07) is 17.7. The molecule has 0 atom stereocenters. The fraction of sp³-hybridized carbons (Fsp3) is 0.250. The molecule has 0 aromatic heterocycles. The lowest BCUT2D eigenvalue weighted by atomic mass is 10.0. The summed E-state index contributed by atoms with van der Waals surface area (Å²) in [5, 5.41) is 0. The van der Waals surface area contributed by atoms with Crippen LogP contribution in [0.2, 0.25) is 0 Å². The predicted octanol–water partition coefficient (Wildman–Crippen LogP) is 4.11. The van der Waals surface area contributed by atoms with Crippen LogP contribution in [-0.2, 0) is 6.42 Å². The fourth-order valence-electron chi connectivity index (χ4n) is 1.93. The van der Waals surface area contributed by atoms with Crippen LogP contribution in [0.4, 0.5) is 0 Å². The Morgan fingerprint density at radius 1 is 1.12 bits per heavy atom. The van der Waals surface area contributed by atoms with Gasteiger partial charge in [0.05, 0.1) is 7.11 Å². The molecule has 0 aliphatic rings. The summed E-state index contributed by atoms with van der Waals surface area (Å²) in [4.78, 5) is 0. The molecule has 0 fully saturated rings. The van der Waals surface area contributed by atoms with E-state index in [0.29, 0.717) is 0 Å². The van der Waals surface area contributed by atoms with Gasteiger partial charge in [-0.15, -0.1) is 0 Å². The molecule has 0 aliphatic carbocycles. The van der Waals surface area contributed by atoms with Crippen molar-refractivity contribution in [3.63, 3.8) is 0 Å². The minimum atomic E-state index is 0.907. The molecule has 2 aromatic rings. The zero-order valence-corrected chi connectivity index (χ0v) is 10.4. The topological polar surface area (TPSA) is 9.23 Å². The van der Waals surface area contributed by atoms with E-state index in [2.05, 4.69) is 31.2 Å². The van der Waals surface area contributed by atoms with E-state index in [9.17, 15) is 0 Å². The zero-order valence-electron chi connectivity index (χ0n) is 10.4. The van der Waals surface area contributed by atoms with Crippen molar-refractivity contribution in [1.82, 2.24) is 0 Å². The van der Waals surface area contributed by atoms with Crippen LogP contribution in [0, 0.1) is 6.07 Å². The highest BCUT2D eigenvalue weighted by molar-refractivity contribution is 5.70. The number of methoxy groups -OCH3 is 1. The lowest BCUT2D eigenvalue weighted by Gasteiger charge is -2.08. The first-order valence-corrected chi connectivity index (χ1v) is 5.99. The van der Waals surface area contributed by atoms with Crippen molar-refractivity contribution < 1.29 is 4.74 Å². The van der Waals surface area contributed by atoms with Crippen LogP contribution in [0.1, 0.15) is 18.9 Å². The molecule has 0 aliphatic heterocycles. The first kappa shape index (κ1) is 11.7. The second-order valence-corrected chi connectivity index (χ2v) is 4.05. The maximum absolute atomic E-state index is 5.36. The van der Waals surface area contributed by atoms with Gasteiger partial charge in [0.1, 0.15) is 5.75 Å². The molecule has 0 unspecified atom stereocenters. The summed E-state index contributed by atoms with van der Waals surface area (Å²) >= 11 is 0. The quantitative estimate of drug-likeness (QED) is 0.760. The minimum Gasteiger partial charge on any atom is -0.496 e. The summed E-state index contributed by atoms with van der Waals surface area (Å²) in [7, 11) is 1.70. The lowest BCUT2D eigenvalue weighted by molar-refractivity contribution is 0.416. The molecular formula is C16H17O. The molecule has 0 saturated carbocycles. The van der Waals surface area contributed by atoms with Gasteiger partial charge in [-0.25, -0.2) is 0 Å². The largest absolute Gasteiger partial charge is 0.496 e. The molecule has 2 aromatic carbocycles. The van der Waals surface area contributed by atoms with E-state index >= 15 is 0 Å². The van der Waals surface area contributed by atoms with E-state index in [0.717, 1.165) is 29.7 Å². The second-order valence-electron chi connectivity index (χ2n) is 4.05. The highest BCUT2D eigenvalue weighted by atomic mass is 16.5. The van der Waals surface area contributed by atoms with Crippen molar-refractivity contribution in [3.05, 3.63) is 54.1 Å². The molecule has 2 rings (SSSR count). The third kappa shape index (κ3) is 2.68. The standard InChI is InChI=1S/C16H17O/c1-3-6-13-9-11-14(12-10-13)15-7-4-5-8-16(15)17-2/h4-5,7-9,11-12H,3,6H2,1-2H3. The summed E-state index contributed by atoms with van der Waals surface area (Å²) in [5.74, 6) is 0.907. The Hall–Kier alpha value is -1.76. The van der Waals surface area contributed by atoms with Crippen LogP contribution in [0.25, 0.3) is 11.1 Å². The molecule has 1 nitrogen and oxygen atoms in total. The van der Waals surface area contributed by atoms with Crippen molar-refractivity contribution in [2.45, 2.75) is 19.8 Å². The maximum Gasteiger partial charge on any atom is 0.126 e. The first-order valence-electron chi connectivity index (χ1n) is 5.99. The predicted molar refractivity (Wildman–Crippen MR) is 71.3 cm³/mol. The van der Waals surface area contributed by atoms with E-state index in [-0.39, 0.29) is 0 Å². The van der Waals surface area contributed by atoms with Crippen LogP contribution in [0.5, 0.6) is 5.75 Å². The Morgan fingerprint density at radius 2 is 1.94 bits per heavy atom. The van der Waals surface area contributed by atoms with Gasteiger partial charge in [0.15, 0.2) is 0 Å². The van der Waals surface area contributed by atoms with Crippen LogP contribution in [-0.4, -0.2) is 7.11 Å². The highest BCUT2D eigenvalue weighted by Gasteiger charge is 2.04. The molecule has 0 heterocycles. The highest BCUT2D eigenvalue weighted by Crippen LogP contribution is 2.29. The van der Waals surface area contributed by atoms with Crippen LogP contribution in [0.15, 0.2) is 42.5 Å². The molecule has 0 amide bonds. The van der Waals surface area contributed by atoms with Gasteiger partial charge in [0.2, 0.25) is 0 Å². The average molecular weight is 225 g/mol. The van der Waals surface area contributed by atoms with Crippen molar-refractivity contribution in [2.24, 2.45) is 0 Å². The Balaban J connectivity index is 2.33. The van der Waals surface area contributed by atoms with Crippen molar-refractivity contribution in [1.29, 1.82) is 0 Å². The van der Waals surface area contributed by atoms with Crippen LogP contribution < -0.4 is 4.74 Å². The normalized spacial score (nSPS) is 10.2. The van der Waals surface area contributed by atoms with E-state index < -0.39 is 0 Å². The first-order chi connectivity index (χ1) is 8.35. The van der Waals surface area contributed by atoms with E-state index in [1.165, 1.54) is 5.56 Å². The maximum atomic E-state index is 5.36. The summed E-state index contributed by atoms with van der Waals surface area (Å²) < 4.78 is 5.36. The number of benzene rings is 2.